The third-order valence-corrected chi connectivity index (χ3v) is 6.83. The quantitative estimate of drug-likeness (QED) is 0.510. The van der Waals surface area contributed by atoms with Gasteiger partial charge in [-0.15, -0.1) is 0 Å². The highest BCUT2D eigenvalue weighted by atomic mass is 35.5. The van der Waals surface area contributed by atoms with Gasteiger partial charge in [-0.25, -0.2) is 19.3 Å². The second-order valence-electron chi connectivity index (χ2n) is 8.77. The standard InChI is InChI=1S/C23H26ClFN6O/c24-14-9-15-16(11-27-20(15)26-10-14)21-28-12-17(25)22(31-21)29-18-7-3-4-8-19(18)30-23(32)13-5-1-2-6-13/h9-13,18-19H,1-8H2,(H,26,27)(H,30,32)(H,28,29,31)/t18-,19-/m0/s1. The first kappa shape index (κ1) is 21.1. The Kier molecular flexibility index (Phi) is 5.95. The van der Waals surface area contributed by atoms with Crippen molar-refractivity contribution in [2.24, 2.45) is 5.92 Å². The van der Waals surface area contributed by atoms with Gasteiger partial charge in [0.15, 0.2) is 17.5 Å². The topological polar surface area (TPSA) is 95.6 Å². The lowest BCUT2D eigenvalue weighted by Crippen LogP contribution is -2.50. The maximum atomic E-state index is 14.7. The van der Waals surface area contributed by atoms with Crippen LogP contribution in [0.1, 0.15) is 51.4 Å². The number of fused-ring (bicyclic) bond motifs is 1. The molecule has 0 radical (unpaired) electrons. The van der Waals surface area contributed by atoms with E-state index in [0.29, 0.717) is 22.1 Å². The summed E-state index contributed by atoms with van der Waals surface area (Å²) in [5, 5.41) is 7.77. The van der Waals surface area contributed by atoms with Crippen LogP contribution in [0.4, 0.5) is 10.2 Å². The maximum absolute atomic E-state index is 14.7. The van der Waals surface area contributed by atoms with Gasteiger partial charge in [0.2, 0.25) is 5.91 Å². The van der Waals surface area contributed by atoms with E-state index in [4.69, 9.17) is 11.6 Å². The van der Waals surface area contributed by atoms with Gasteiger partial charge in [0.1, 0.15) is 5.65 Å². The molecule has 5 rings (SSSR count). The van der Waals surface area contributed by atoms with E-state index in [1.54, 1.807) is 18.5 Å². The van der Waals surface area contributed by atoms with E-state index in [1.807, 2.05) is 0 Å². The van der Waals surface area contributed by atoms with Crippen LogP contribution >= 0.6 is 11.6 Å². The second kappa shape index (κ2) is 9.02. The van der Waals surface area contributed by atoms with Crippen molar-refractivity contribution in [2.75, 3.05) is 5.32 Å². The minimum Gasteiger partial charge on any atom is -0.363 e. The van der Waals surface area contributed by atoms with E-state index >= 15 is 0 Å². The van der Waals surface area contributed by atoms with Crippen molar-refractivity contribution in [3.8, 4) is 11.4 Å². The molecule has 2 fully saturated rings. The molecule has 0 unspecified atom stereocenters. The van der Waals surface area contributed by atoms with Crippen LogP contribution in [-0.2, 0) is 4.79 Å². The normalized spacial score (nSPS) is 21.7. The SMILES string of the molecule is O=C(N[C@H]1CCCC[C@@H]1Nc1nc(-c2c[nH]c3ncc(Cl)cc23)ncc1F)C1CCCC1. The third kappa shape index (κ3) is 4.28. The van der Waals surface area contributed by atoms with Crippen LogP contribution < -0.4 is 10.6 Å². The van der Waals surface area contributed by atoms with Gasteiger partial charge < -0.3 is 15.6 Å². The highest BCUT2D eigenvalue weighted by Gasteiger charge is 2.31. The molecule has 9 heteroatoms. The van der Waals surface area contributed by atoms with Gasteiger partial charge in [0.25, 0.3) is 0 Å². The first-order valence-corrected chi connectivity index (χ1v) is 11.7. The van der Waals surface area contributed by atoms with E-state index in [0.717, 1.165) is 56.8 Å². The lowest BCUT2D eigenvalue weighted by molar-refractivity contribution is -0.125. The fourth-order valence-corrected chi connectivity index (χ4v) is 5.06. The molecule has 32 heavy (non-hydrogen) atoms. The molecule has 2 atom stereocenters. The third-order valence-electron chi connectivity index (χ3n) is 6.62. The Morgan fingerprint density at radius 3 is 2.62 bits per heavy atom. The number of anilines is 1. The number of aromatic amines is 1. The number of aromatic nitrogens is 4. The summed E-state index contributed by atoms with van der Waals surface area (Å²) in [6.07, 6.45) is 12.5. The number of amides is 1. The Morgan fingerprint density at radius 1 is 1.06 bits per heavy atom. The zero-order chi connectivity index (χ0) is 22.1. The Morgan fingerprint density at radius 2 is 1.81 bits per heavy atom. The minimum atomic E-state index is -0.517. The number of carbonyl (C=O) groups is 1. The number of carbonyl (C=O) groups excluding carboxylic acids is 1. The van der Waals surface area contributed by atoms with Crippen molar-refractivity contribution >= 4 is 34.4 Å². The second-order valence-corrected chi connectivity index (χ2v) is 9.21. The summed E-state index contributed by atoms with van der Waals surface area (Å²) < 4.78 is 14.7. The van der Waals surface area contributed by atoms with Gasteiger partial charge in [0, 0.05) is 41.3 Å². The van der Waals surface area contributed by atoms with Gasteiger partial charge in [-0.1, -0.05) is 37.3 Å². The molecule has 168 valence electrons. The number of nitrogens with zero attached hydrogens (tertiary/aromatic N) is 3. The summed E-state index contributed by atoms with van der Waals surface area (Å²) in [7, 11) is 0. The van der Waals surface area contributed by atoms with Crippen LogP contribution in [0.25, 0.3) is 22.4 Å². The van der Waals surface area contributed by atoms with Crippen LogP contribution in [0.5, 0.6) is 0 Å². The highest BCUT2D eigenvalue weighted by Crippen LogP contribution is 2.30. The van der Waals surface area contributed by atoms with Crippen molar-refractivity contribution in [1.82, 2.24) is 25.3 Å². The molecule has 2 aliphatic rings. The molecule has 3 aromatic rings. The number of H-pyrrole nitrogens is 1. The molecule has 7 nitrogen and oxygen atoms in total. The van der Waals surface area contributed by atoms with Crippen molar-refractivity contribution in [3.63, 3.8) is 0 Å². The summed E-state index contributed by atoms with van der Waals surface area (Å²) in [5.74, 6) is 0.254. The van der Waals surface area contributed by atoms with Gasteiger partial charge in [0.05, 0.1) is 11.2 Å². The van der Waals surface area contributed by atoms with Crippen LogP contribution in [0.15, 0.2) is 24.7 Å². The molecule has 0 aromatic carbocycles. The first-order valence-electron chi connectivity index (χ1n) is 11.3. The van der Waals surface area contributed by atoms with Crippen LogP contribution in [0.2, 0.25) is 5.02 Å². The number of rotatable bonds is 5. The Labute approximate surface area is 190 Å². The van der Waals surface area contributed by atoms with E-state index < -0.39 is 5.82 Å². The Balaban J connectivity index is 1.38. The van der Waals surface area contributed by atoms with Crippen molar-refractivity contribution in [2.45, 2.75) is 63.5 Å². The van der Waals surface area contributed by atoms with Crippen LogP contribution in [0, 0.1) is 11.7 Å². The highest BCUT2D eigenvalue weighted by molar-refractivity contribution is 6.31. The smallest absolute Gasteiger partial charge is 0.223 e. The molecule has 0 bridgehead atoms. The molecule has 3 aromatic heterocycles. The molecule has 2 saturated carbocycles. The van der Waals surface area contributed by atoms with Crippen molar-refractivity contribution in [1.29, 1.82) is 0 Å². The molecule has 3 heterocycles. The molecule has 1 amide bonds. The largest absolute Gasteiger partial charge is 0.363 e. The van der Waals surface area contributed by atoms with Gasteiger partial charge in [-0.3, -0.25) is 4.79 Å². The summed E-state index contributed by atoms with van der Waals surface area (Å²) in [4.78, 5) is 28.7. The van der Waals surface area contributed by atoms with E-state index in [1.165, 1.54) is 6.20 Å². The van der Waals surface area contributed by atoms with Gasteiger partial charge in [-0.05, 0) is 31.7 Å². The average Bonchev–Trinajstić information content (AvgIpc) is 3.47. The predicted octanol–water partition coefficient (Wildman–Crippen LogP) is 4.84. The Hall–Kier alpha value is -2.74. The summed E-state index contributed by atoms with van der Waals surface area (Å²) in [5.41, 5.74) is 1.36. The molecular formula is C23H26ClFN6O. The first-order chi connectivity index (χ1) is 15.6. The zero-order valence-electron chi connectivity index (χ0n) is 17.7. The lowest BCUT2D eigenvalue weighted by Gasteiger charge is -2.34. The van der Waals surface area contributed by atoms with Crippen LogP contribution in [0.3, 0.4) is 0 Å². The number of hydrogen-bond donors (Lipinski definition) is 3. The summed E-state index contributed by atoms with van der Waals surface area (Å²) in [6.45, 7) is 0. The molecule has 2 aliphatic carbocycles. The fourth-order valence-electron chi connectivity index (χ4n) is 4.90. The molecule has 0 aliphatic heterocycles. The molecule has 0 saturated heterocycles. The number of pyridine rings is 1. The van der Waals surface area contributed by atoms with E-state index in [-0.39, 0.29) is 29.7 Å². The number of nitrogens with one attached hydrogen (secondary N) is 3. The summed E-state index contributed by atoms with van der Waals surface area (Å²) in [6, 6.07) is 1.67. The van der Waals surface area contributed by atoms with E-state index in [2.05, 4.69) is 30.6 Å². The average molecular weight is 457 g/mol. The lowest BCUT2D eigenvalue weighted by atomic mass is 9.89. The Bertz CT molecular complexity index is 1130. The van der Waals surface area contributed by atoms with Crippen molar-refractivity contribution < 1.29 is 9.18 Å². The minimum absolute atomic E-state index is 0.0363. The van der Waals surface area contributed by atoms with Gasteiger partial charge in [-0.2, -0.15) is 0 Å². The van der Waals surface area contributed by atoms with Gasteiger partial charge >= 0.3 is 0 Å². The van der Waals surface area contributed by atoms with Crippen LogP contribution in [-0.4, -0.2) is 37.9 Å². The van der Waals surface area contributed by atoms with Crippen molar-refractivity contribution in [3.05, 3.63) is 35.5 Å². The predicted molar refractivity (Wildman–Crippen MR) is 122 cm³/mol. The molecule has 3 N–H and O–H groups in total. The fraction of sp³-hybridized carbons (Fsp3) is 0.478. The molecular weight excluding hydrogens is 431 g/mol. The van der Waals surface area contributed by atoms with E-state index in [9.17, 15) is 9.18 Å². The molecule has 0 spiro atoms. The summed E-state index contributed by atoms with van der Waals surface area (Å²) >= 11 is 6.10. The maximum Gasteiger partial charge on any atom is 0.223 e. The number of halogens is 2. The monoisotopic (exact) mass is 456 g/mol. The zero-order valence-corrected chi connectivity index (χ0v) is 18.5. The number of hydrogen-bond acceptors (Lipinski definition) is 5.